The Morgan fingerprint density at radius 1 is 1.30 bits per heavy atom. The number of H-pyrrole nitrogens is 1. The third kappa shape index (κ3) is 3.20. The number of aromatic amines is 1. The largest absolute Gasteiger partial charge is 0.343 e. The van der Waals surface area contributed by atoms with E-state index in [9.17, 15) is 9.59 Å². The van der Waals surface area contributed by atoms with Crippen LogP contribution in [0.3, 0.4) is 0 Å². The minimum atomic E-state index is -0.439. The molecule has 0 fully saturated rings. The number of aromatic nitrogens is 3. The molecule has 2 aromatic rings. The summed E-state index contributed by atoms with van der Waals surface area (Å²) in [6.45, 7) is 6.20. The fraction of sp³-hybridized carbons (Fsp3) is 0.400. The van der Waals surface area contributed by atoms with Crippen molar-refractivity contribution < 1.29 is 4.79 Å². The van der Waals surface area contributed by atoms with Crippen LogP contribution in [0.1, 0.15) is 50.7 Å². The Morgan fingerprint density at radius 3 is 2.81 bits per heavy atom. The molecule has 2 aromatic heterocycles. The molecule has 3 heterocycles. The Hall–Kier alpha value is -2.41. The highest BCUT2D eigenvalue weighted by atomic mass is 32.2. The van der Waals surface area contributed by atoms with Crippen LogP contribution in [-0.2, 0) is 4.79 Å². The van der Waals surface area contributed by atoms with E-state index in [1.165, 1.54) is 11.8 Å². The zero-order valence-electron chi connectivity index (χ0n) is 15.6. The molecule has 27 heavy (non-hydrogen) atoms. The lowest BCUT2D eigenvalue weighted by molar-refractivity contribution is -0.118. The number of pyridine rings is 1. The molecule has 7 heteroatoms. The SMILES string of the molecule is CCSc1nc2c(c(=O)[nH]1)C(c1cccnc1)C1=C(CC(C)(C)CC1=O)N2. The zero-order chi connectivity index (χ0) is 19.2. The maximum Gasteiger partial charge on any atom is 0.257 e. The van der Waals surface area contributed by atoms with Crippen molar-refractivity contribution in [3.8, 4) is 0 Å². The Labute approximate surface area is 161 Å². The summed E-state index contributed by atoms with van der Waals surface area (Å²) >= 11 is 1.49. The van der Waals surface area contributed by atoms with Crippen molar-refractivity contribution in [1.82, 2.24) is 15.0 Å². The molecule has 2 N–H and O–H groups in total. The van der Waals surface area contributed by atoms with Gasteiger partial charge in [-0.1, -0.05) is 38.6 Å². The Bertz CT molecular complexity index is 995. The fourth-order valence-electron chi connectivity index (χ4n) is 3.98. The molecular weight excluding hydrogens is 360 g/mol. The number of ketones is 1. The molecule has 2 aliphatic rings. The monoisotopic (exact) mass is 382 g/mol. The second-order valence-electron chi connectivity index (χ2n) is 7.74. The predicted octanol–water partition coefficient (Wildman–Crippen LogP) is 3.48. The van der Waals surface area contributed by atoms with Gasteiger partial charge in [0.05, 0.1) is 5.56 Å². The van der Waals surface area contributed by atoms with Gasteiger partial charge in [0.1, 0.15) is 5.82 Å². The highest BCUT2D eigenvalue weighted by molar-refractivity contribution is 7.99. The van der Waals surface area contributed by atoms with Crippen molar-refractivity contribution in [2.45, 2.75) is 44.7 Å². The highest BCUT2D eigenvalue weighted by Crippen LogP contribution is 2.47. The summed E-state index contributed by atoms with van der Waals surface area (Å²) in [4.78, 5) is 37.7. The summed E-state index contributed by atoms with van der Waals surface area (Å²) in [5.41, 5.74) is 2.56. The van der Waals surface area contributed by atoms with Crippen LogP contribution >= 0.6 is 11.8 Å². The molecule has 1 aliphatic carbocycles. The number of nitrogens with zero attached hydrogens (tertiary/aromatic N) is 2. The average molecular weight is 382 g/mol. The van der Waals surface area contributed by atoms with Gasteiger partial charge in [-0.3, -0.25) is 14.6 Å². The van der Waals surface area contributed by atoms with Gasteiger partial charge in [0, 0.05) is 36.0 Å². The number of carbonyl (C=O) groups is 1. The Balaban J connectivity index is 1.95. The molecule has 0 aromatic carbocycles. The van der Waals surface area contributed by atoms with E-state index in [0.717, 1.165) is 23.4 Å². The van der Waals surface area contributed by atoms with Crippen LogP contribution in [0, 0.1) is 5.41 Å². The predicted molar refractivity (Wildman–Crippen MR) is 106 cm³/mol. The third-order valence-electron chi connectivity index (χ3n) is 5.00. The van der Waals surface area contributed by atoms with Crippen LogP contribution in [0.15, 0.2) is 45.7 Å². The summed E-state index contributed by atoms with van der Waals surface area (Å²) in [6.07, 6.45) is 4.63. The number of Topliss-reactive ketones (excluding diaryl/α,β-unsaturated/α-hetero) is 1. The van der Waals surface area contributed by atoms with E-state index in [2.05, 4.69) is 34.1 Å². The minimum Gasteiger partial charge on any atom is -0.343 e. The Morgan fingerprint density at radius 2 is 2.11 bits per heavy atom. The summed E-state index contributed by atoms with van der Waals surface area (Å²) in [7, 11) is 0. The van der Waals surface area contributed by atoms with Crippen LogP contribution < -0.4 is 10.9 Å². The summed E-state index contributed by atoms with van der Waals surface area (Å²) in [5, 5.41) is 3.91. The second kappa shape index (κ2) is 6.64. The van der Waals surface area contributed by atoms with Crippen LogP contribution in [0.25, 0.3) is 0 Å². The van der Waals surface area contributed by atoms with Gasteiger partial charge in [0.15, 0.2) is 10.9 Å². The van der Waals surface area contributed by atoms with Crippen LogP contribution in [-0.4, -0.2) is 26.5 Å². The third-order valence-corrected chi connectivity index (χ3v) is 5.75. The van der Waals surface area contributed by atoms with Crippen molar-refractivity contribution in [3.05, 3.63) is 57.3 Å². The zero-order valence-corrected chi connectivity index (χ0v) is 16.4. The number of nitrogens with one attached hydrogen (secondary N) is 2. The van der Waals surface area contributed by atoms with Crippen molar-refractivity contribution in [2.75, 3.05) is 11.1 Å². The van der Waals surface area contributed by atoms with E-state index in [0.29, 0.717) is 28.5 Å². The quantitative estimate of drug-likeness (QED) is 0.624. The van der Waals surface area contributed by atoms with Crippen LogP contribution in [0.2, 0.25) is 0 Å². The number of fused-ring (bicyclic) bond motifs is 1. The van der Waals surface area contributed by atoms with E-state index in [4.69, 9.17) is 0 Å². The van der Waals surface area contributed by atoms with Gasteiger partial charge in [-0.15, -0.1) is 0 Å². The number of anilines is 1. The number of thioether (sulfide) groups is 1. The lowest BCUT2D eigenvalue weighted by atomic mass is 9.69. The van der Waals surface area contributed by atoms with Crippen molar-refractivity contribution in [1.29, 1.82) is 0 Å². The first kappa shape index (κ1) is 18.0. The van der Waals surface area contributed by atoms with Crippen LogP contribution in [0.4, 0.5) is 5.82 Å². The van der Waals surface area contributed by atoms with Gasteiger partial charge < -0.3 is 10.3 Å². The number of hydrogen-bond donors (Lipinski definition) is 2. The standard InChI is InChI=1S/C20H22N4O2S/c1-4-27-19-23-17-16(18(26)24-19)14(11-6-5-7-21-10-11)15-12(22-17)8-20(2,3)9-13(15)25/h5-7,10,14H,4,8-9H2,1-3H3,(H2,22,23,24,26). The van der Waals surface area contributed by atoms with E-state index >= 15 is 0 Å². The van der Waals surface area contributed by atoms with Crippen LogP contribution in [0.5, 0.6) is 0 Å². The topological polar surface area (TPSA) is 87.7 Å². The second-order valence-corrected chi connectivity index (χ2v) is 9.00. The van der Waals surface area contributed by atoms with E-state index in [1.807, 2.05) is 19.1 Å². The lowest BCUT2D eigenvalue weighted by Gasteiger charge is -2.38. The number of rotatable bonds is 3. The number of carbonyl (C=O) groups excluding carboxylic acids is 1. The van der Waals surface area contributed by atoms with Crippen molar-refractivity contribution in [3.63, 3.8) is 0 Å². The smallest absolute Gasteiger partial charge is 0.257 e. The number of hydrogen-bond acceptors (Lipinski definition) is 6. The van der Waals surface area contributed by atoms with E-state index in [-0.39, 0.29) is 16.8 Å². The molecule has 0 spiro atoms. The molecule has 0 saturated carbocycles. The highest BCUT2D eigenvalue weighted by Gasteiger charge is 2.42. The van der Waals surface area contributed by atoms with Gasteiger partial charge in [-0.2, -0.15) is 0 Å². The summed E-state index contributed by atoms with van der Waals surface area (Å²) in [5.74, 6) is 1.01. The first-order valence-corrected chi connectivity index (χ1v) is 10.1. The average Bonchev–Trinajstić information content (AvgIpc) is 2.60. The molecule has 0 saturated heterocycles. The molecule has 1 aliphatic heterocycles. The molecular formula is C20H22N4O2S. The van der Waals surface area contributed by atoms with Gasteiger partial charge >= 0.3 is 0 Å². The van der Waals surface area contributed by atoms with Gasteiger partial charge in [-0.25, -0.2) is 4.98 Å². The first-order valence-electron chi connectivity index (χ1n) is 9.10. The lowest BCUT2D eigenvalue weighted by Crippen LogP contribution is -2.37. The molecule has 0 radical (unpaired) electrons. The normalized spacial score (nSPS) is 20.7. The summed E-state index contributed by atoms with van der Waals surface area (Å²) in [6, 6.07) is 3.75. The van der Waals surface area contributed by atoms with Gasteiger partial charge in [0.25, 0.3) is 5.56 Å². The Kier molecular flexibility index (Phi) is 4.42. The molecule has 1 unspecified atom stereocenters. The maximum atomic E-state index is 13.1. The maximum absolute atomic E-state index is 13.1. The minimum absolute atomic E-state index is 0.0830. The molecule has 1 atom stereocenters. The molecule has 0 bridgehead atoms. The molecule has 140 valence electrons. The van der Waals surface area contributed by atoms with E-state index < -0.39 is 5.92 Å². The van der Waals surface area contributed by atoms with Crippen molar-refractivity contribution >= 4 is 23.4 Å². The van der Waals surface area contributed by atoms with E-state index in [1.54, 1.807) is 12.4 Å². The molecule has 4 rings (SSSR count). The molecule has 0 amide bonds. The van der Waals surface area contributed by atoms with Gasteiger partial charge in [0.2, 0.25) is 0 Å². The molecule has 6 nitrogen and oxygen atoms in total. The summed E-state index contributed by atoms with van der Waals surface area (Å²) < 4.78 is 0. The number of allylic oxidation sites excluding steroid dienone is 2. The first-order chi connectivity index (χ1) is 12.9. The van der Waals surface area contributed by atoms with Crippen molar-refractivity contribution in [2.24, 2.45) is 5.41 Å². The van der Waals surface area contributed by atoms with Gasteiger partial charge in [-0.05, 0) is 29.2 Å². The fourth-order valence-corrected chi connectivity index (χ4v) is 4.57.